The molecule has 2 rings (SSSR count). The summed E-state index contributed by atoms with van der Waals surface area (Å²) in [6.45, 7) is 4.21. The number of ether oxygens (including phenoxy) is 1. The van der Waals surface area contributed by atoms with Gasteiger partial charge in [0.15, 0.2) is 0 Å². The van der Waals surface area contributed by atoms with Gasteiger partial charge in [0.25, 0.3) is 5.56 Å². The Bertz CT molecular complexity index is 514. The van der Waals surface area contributed by atoms with Gasteiger partial charge in [0, 0.05) is 26.2 Å². The Hall–Kier alpha value is -1.15. The van der Waals surface area contributed by atoms with Crippen molar-refractivity contribution in [2.24, 2.45) is 0 Å². The van der Waals surface area contributed by atoms with E-state index in [1.807, 2.05) is 19.0 Å². The molecule has 2 N–H and O–H groups in total. The van der Waals surface area contributed by atoms with Gasteiger partial charge in [0.2, 0.25) is 0 Å². The molecule has 1 fully saturated rings. The summed E-state index contributed by atoms with van der Waals surface area (Å²) in [5.74, 6) is 0. The summed E-state index contributed by atoms with van der Waals surface area (Å²) >= 11 is 6.13. The molecule has 1 saturated heterocycles. The number of morpholine rings is 1. The maximum absolute atomic E-state index is 12.1. The predicted octanol–water partition coefficient (Wildman–Crippen LogP) is -0.141. The molecular formula is C13H22ClN5O2. The molecule has 1 aromatic rings. The van der Waals surface area contributed by atoms with Crippen LogP contribution in [0.3, 0.4) is 0 Å². The van der Waals surface area contributed by atoms with E-state index in [1.165, 1.54) is 4.68 Å². The highest BCUT2D eigenvalue weighted by atomic mass is 35.5. The van der Waals surface area contributed by atoms with E-state index < -0.39 is 0 Å². The molecule has 0 bridgehead atoms. The Balaban J connectivity index is 1.97. The third-order valence-electron chi connectivity index (χ3n) is 3.27. The van der Waals surface area contributed by atoms with Gasteiger partial charge in [-0.3, -0.25) is 4.79 Å². The molecule has 1 aliphatic rings. The predicted molar refractivity (Wildman–Crippen MR) is 83.2 cm³/mol. The van der Waals surface area contributed by atoms with Crippen molar-refractivity contribution in [3.8, 4) is 0 Å². The molecule has 0 amide bonds. The fourth-order valence-corrected chi connectivity index (χ4v) is 2.23. The van der Waals surface area contributed by atoms with Gasteiger partial charge in [0.1, 0.15) is 5.02 Å². The molecule has 1 aliphatic heterocycles. The molecule has 21 heavy (non-hydrogen) atoms. The van der Waals surface area contributed by atoms with E-state index in [1.54, 1.807) is 6.20 Å². The second-order valence-electron chi connectivity index (χ2n) is 5.28. The largest absolute Gasteiger partial charge is 0.380 e. The van der Waals surface area contributed by atoms with E-state index in [0.29, 0.717) is 25.4 Å². The van der Waals surface area contributed by atoms with Crippen molar-refractivity contribution < 1.29 is 4.74 Å². The van der Waals surface area contributed by atoms with Gasteiger partial charge in [-0.15, -0.1) is 0 Å². The van der Waals surface area contributed by atoms with Crippen LogP contribution in [0.4, 0.5) is 5.69 Å². The Morgan fingerprint density at radius 3 is 3.10 bits per heavy atom. The second kappa shape index (κ2) is 7.74. The zero-order valence-corrected chi connectivity index (χ0v) is 13.2. The first-order valence-electron chi connectivity index (χ1n) is 7.04. The summed E-state index contributed by atoms with van der Waals surface area (Å²) in [5, 5.41) is 10.7. The van der Waals surface area contributed by atoms with Crippen LogP contribution in [0.1, 0.15) is 0 Å². The SMILES string of the molecule is CN(C)CCn1ncc(NCC2CNCCO2)c(Cl)c1=O. The second-order valence-corrected chi connectivity index (χ2v) is 5.66. The van der Waals surface area contributed by atoms with Gasteiger partial charge >= 0.3 is 0 Å². The quantitative estimate of drug-likeness (QED) is 0.761. The molecule has 0 aromatic carbocycles. The molecule has 0 saturated carbocycles. The van der Waals surface area contributed by atoms with Crippen LogP contribution in [0.15, 0.2) is 11.0 Å². The Kier molecular flexibility index (Phi) is 5.98. The Morgan fingerprint density at radius 2 is 2.43 bits per heavy atom. The molecule has 0 aliphatic carbocycles. The Morgan fingerprint density at radius 1 is 1.62 bits per heavy atom. The minimum atomic E-state index is -0.272. The van der Waals surface area contributed by atoms with Gasteiger partial charge in [0.05, 0.1) is 31.1 Å². The zero-order valence-electron chi connectivity index (χ0n) is 12.4. The van der Waals surface area contributed by atoms with Gasteiger partial charge in [-0.2, -0.15) is 5.10 Å². The topological polar surface area (TPSA) is 71.4 Å². The molecule has 0 radical (unpaired) electrons. The van der Waals surface area contributed by atoms with E-state index in [-0.39, 0.29) is 16.7 Å². The van der Waals surface area contributed by atoms with E-state index in [0.717, 1.165) is 19.6 Å². The highest BCUT2D eigenvalue weighted by molar-refractivity contribution is 6.32. The third-order valence-corrected chi connectivity index (χ3v) is 3.63. The number of hydrogen-bond acceptors (Lipinski definition) is 6. The van der Waals surface area contributed by atoms with Crippen molar-refractivity contribution in [3.63, 3.8) is 0 Å². The maximum Gasteiger partial charge on any atom is 0.287 e. The number of aromatic nitrogens is 2. The number of anilines is 1. The summed E-state index contributed by atoms with van der Waals surface area (Å²) in [7, 11) is 3.89. The highest BCUT2D eigenvalue weighted by Crippen LogP contribution is 2.15. The molecule has 118 valence electrons. The lowest BCUT2D eigenvalue weighted by atomic mass is 10.3. The lowest BCUT2D eigenvalue weighted by Crippen LogP contribution is -2.42. The first kappa shape index (κ1) is 16.2. The summed E-state index contributed by atoms with van der Waals surface area (Å²) in [6, 6.07) is 0. The summed E-state index contributed by atoms with van der Waals surface area (Å²) < 4.78 is 6.96. The van der Waals surface area contributed by atoms with Crippen LogP contribution in [0, 0.1) is 0 Å². The minimum Gasteiger partial charge on any atom is -0.380 e. The van der Waals surface area contributed by atoms with Gasteiger partial charge in [-0.1, -0.05) is 11.6 Å². The van der Waals surface area contributed by atoms with Crippen molar-refractivity contribution in [2.75, 3.05) is 52.2 Å². The summed E-state index contributed by atoms with van der Waals surface area (Å²) in [4.78, 5) is 14.1. The van der Waals surface area contributed by atoms with Crippen molar-refractivity contribution in [1.29, 1.82) is 0 Å². The normalized spacial score (nSPS) is 19.0. The molecule has 7 nitrogen and oxygen atoms in total. The Labute approximate surface area is 129 Å². The standard InChI is InChI=1S/C13H22ClN5O2/c1-18(2)4-5-19-13(20)12(14)11(9-17-19)16-8-10-7-15-3-6-21-10/h9-10,15-16H,3-8H2,1-2H3. The lowest BCUT2D eigenvalue weighted by molar-refractivity contribution is 0.0372. The molecule has 1 aromatic heterocycles. The molecule has 2 heterocycles. The van der Waals surface area contributed by atoms with Crippen LogP contribution in [-0.2, 0) is 11.3 Å². The minimum absolute atomic E-state index is 0.0750. The fourth-order valence-electron chi connectivity index (χ4n) is 2.02. The maximum atomic E-state index is 12.1. The zero-order chi connectivity index (χ0) is 15.2. The summed E-state index contributed by atoms with van der Waals surface area (Å²) in [6.07, 6.45) is 1.67. The van der Waals surface area contributed by atoms with Crippen LogP contribution in [0.25, 0.3) is 0 Å². The average Bonchev–Trinajstić information content (AvgIpc) is 2.48. The number of rotatable bonds is 6. The van der Waals surface area contributed by atoms with Crippen molar-refractivity contribution >= 4 is 17.3 Å². The van der Waals surface area contributed by atoms with E-state index >= 15 is 0 Å². The van der Waals surface area contributed by atoms with E-state index in [4.69, 9.17) is 16.3 Å². The molecule has 0 spiro atoms. The molecule has 1 atom stereocenters. The monoisotopic (exact) mass is 315 g/mol. The van der Waals surface area contributed by atoms with E-state index in [2.05, 4.69) is 15.7 Å². The van der Waals surface area contributed by atoms with Crippen LogP contribution in [-0.4, -0.2) is 67.7 Å². The lowest BCUT2D eigenvalue weighted by Gasteiger charge is -2.24. The van der Waals surface area contributed by atoms with Gasteiger partial charge < -0.3 is 20.3 Å². The number of nitrogens with one attached hydrogen (secondary N) is 2. The van der Waals surface area contributed by atoms with Crippen molar-refractivity contribution in [2.45, 2.75) is 12.6 Å². The first-order chi connectivity index (χ1) is 10.1. The van der Waals surface area contributed by atoms with Gasteiger partial charge in [-0.05, 0) is 14.1 Å². The third kappa shape index (κ3) is 4.67. The number of hydrogen-bond donors (Lipinski definition) is 2. The van der Waals surface area contributed by atoms with Gasteiger partial charge in [-0.25, -0.2) is 4.68 Å². The number of halogens is 1. The average molecular weight is 316 g/mol. The first-order valence-corrected chi connectivity index (χ1v) is 7.42. The smallest absolute Gasteiger partial charge is 0.287 e. The molecular weight excluding hydrogens is 294 g/mol. The molecule has 8 heteroatoms. The number of likely N-dealkylation sites (N-methyl/N-ethyl adjacent to an activating group) is 1. The van der Waals surface area contributed by atoms with Crippen molar-refractivity contribution in [1.82, 2.24) is 20.0 Å². The van der Waals surface area contributed by atoms with Crippen LogP contribution in [0.5, 0.6) is 0 Å². The summed E-state index contributed by atoms with van der Waals surface area (Å²) in [5.41, 5.74) is 0.281. The van der Waals surface area contributed by atoms with Crippen LogP contribution < -0.4 is 16.2 Å². The van der Waals surface area contributed by atoms with Crippen LogP contribution >= 0.6 is 11.6 Å². The highest BCUT2D eigenvalue weighted by Gasteiger charge is 2.15. The van der Waals surface area contributed by atoms with E-state index in [9.17, 15) is 4.79 Å². The van der Waals surface area contributed by atoms with Crippen LogP contribution in [0.2, 0.25) is 5.02 Å². The number of nitrogens with zero attached hydrogens (tertiary/aromatic N) is 3. The van der Waals surface area contributed by atoms with Crippen molar-refractivity contribution in [3.05, 3.63) is 21.6 Å². The molecule has 1 unspecified atom stereocenters. The fraction of sp³-hybridized carbons (Fsp3) is 0.692.